The predicted octanol–water partition coefficient (Wildman–Crippen LogP) is 1.73. The number of hydrogen-bond donors (Lipinski definition) is 1. The smallest absolute Gasteiger partial charge is 0.289 e. The molecule has 27 heavy (non-hydrogen) atoms. The topological polar surface area (TPSA) is 64.3 Å². The van der Waals surface area contributed by atoms with Crippen molar-refractivity contribution in [1.29, 1.82) is 0 Å². The second kappa shape index (κ2) is 9.78. The molecule has 2 aliphatic heterocycles. The molecule has 1 N–H and O–H groups in total. The van der Waals surface area contributed by atoms with Crippen molar-refractivity contribution in [2.75, 3.05) is 59.4 Å². The molecule has 2 fully saturated rings. The van der Waals surface area contributed by atoms with Gasteiger partial charge >= 0.3 is 0 Å². The molecule has 3 heterocycles. The molecular weight excluding hydrogens is 342 g/mol. The third kappa shape index (κ3) is 5.25. The summed E-state index contributed by atoms with van der Waals surface area (Å²) in [5, 5.41) is 3.56. The lowest BCUT2D eigenvalue weighted by molar-refractivity contribution is 0.0657. The van der Waals surface area contributed by atoms with Crippen molar-refractivity contribution in [2.24, 2.45) is 10.9 Å². The maximum atomic E-state index is 12.4. The van der Waals surface area contributed by atoms with Gasteiger partial charge in [-0.25, -0.2) is 0 Å². The lowest BCUT2D eigenvalue weighted by atomic mass is 9.97. The average Bonchev–Trinajstić information content (AvgIpc) is 3.25. The molecule has 1 aromatic rings. The summed E-state index contributed by atoms with van der Waals surface area (Å²) < 4.78 is 5.23. The fourth-order valence-corrected chi connectivity index (χ4v) is 3.98. The first-order valence-electron chi connectivity index (χ1n) is 10.2. The van der Waals surface area contributed by atoms with E-state index < -0.39 is 0 Å². The van der Waals surface area contributed by atoms with Gasteiger partial charge in [-0.2, -0.15) is 0 Å². The predicted molar refractivity (Wildman–Crippen MR) is 107 cm³/mol. The van der Waals surface area contributed by atoms with E-state index in [4.69, 9.17) is 4.42 Å². The van der Waals surface area contributed by atoms with E-state index in [-0.39, 0.29) is 5.91 Å². The second-order valence-electron chi connectivity index (χ2n) is 7.47. The highest BCUT2D eigenvalue weighted by molar-refractivity contribution is 5.91. The van der Waals surface area contributed by atoms with E-state index in [9.17, 15) is 4.79 Å². The van der Waals surface area contributed by atoms with Crippen molar-refractivity contribution >= 4 is 11.9 Å². The van der Waals surface area contributed by atoms with Crippen LogP contribution in [0.4, 0.5) is 0 Å². The van der Waals surface area contributed by atoms with Crippen molar-refractivity contribution in [3.05, 3.63) is 24.2 Å². The summed E-state index contributed by atoms with van der Waals surface area (Å²) in [7, 11) is 1.84. The van der Waals surface area contributed by atoms with Gasteiger partial charge in [0.25, 0.3) is 5.91 Å². The molecule has 0 spiro atoms. The highest BCUT2D eigenvalue weighted by atomic mass is 16.3. The third-order valence-electron chi connectivity index (χ3n) is 5.61. The van der Waals surface area contributed by atoms with Crippen LogP contribution in [-0.4, -0.2) is 86.0 Å². The minimum absolute atomic E-state index is 0.0264. The quantitative estimate of drug-likeness (QED) is 0.627. The number of amides is 1. The number of likely N-dealkylation sites (tertiary alicyclic amines) is 1. The zero-order chi connectivity index (χ0) is 19.1. The SMILES string of the molecule is CCCN1CCC(CNC(=NC)N2CCN(C(=O)c3ccco3)CC2)CC1. The van der Waals surface area contributed by atoms with E-state index >= 15 is 0 Å². The molecule has 0 aliphatic carbocycles. The molecule has 0 bridgehead atoms. The van der Waals surface area contributed by atoms with Crippen LogP contribution in [0.15, 0.2) is 27.8 Å². The molecule has 0 aromatic carbocycles. The fourth-order valence-electron chi connectivity index (χ4n) is 3.98. The Morgan fingerprint density at radius 2 is 1.89 bits per heavy atom. The Morgan fingerprint density at radius 3 is 2.48 bits per heavy atom. The molecule has 0 radical (unpaired) electrons. The van der Waals surface area contributed by atoms with Crippen molar-refractivity contribution in [3.8, 4) is 0 Å². The Bertz CT molecular complexity index is 600. The molecule has 2 saturated heterocycles. The van der Waals surface area contributed by atoms with Gasteiger partial charge in [0.2, 0.25) is 0 Å². The van der Waals surface area contributed by atoms with Crippen LogP contribution in [0.3, 0.4) is 0 Å². The van der Waals surface area contributed by atoms with Crippen molar-refractivity contribution in [2.45, 2.75) is 26.2 Å². The van der Waals surface area contributed by atoms with Gasteiger partial charge in [0, 0.05) is 39.8 Å². The maximum Gasteiger partial charge on any atom is 0.289 e. The molecule has 150 valence electrons. The van der Waals surface area contributed by atoms with Gasteiger partial charge in [0.15, 0.2) is 11.7 Å². The highest BCUT2D eigenvalue weighted by Gasteiger charge is 2.26. The molecule has 0 atom stereocenters. The summed E-state index contributed by atoms with van der Waals surface area (Å²) in [5.74, 6) is 2.06. The van der Waals surface area contributed by atoms with E-state index in [0.717, 1.165) is 31.5 Å². The Balaban J connectivity index is 1.41. The van der Waals surface area contributed by atoms with E-state index in [1.165, 1.54) is 38.9 Å². The number of carbonyl (C=O) groups is 1. The molecule has 0 unspecified atom stereocenters. The second-order valence-corrected chi connectivity index (χ2v) is 7.47. The lowest BCUT2D eigenvalue weighted by Crippen LogP contribution is -2.54. The standard InChI is InChI=1S/C20H33N5O2/c1-3-8-23-9-6-17(7-10-23)16-22-20(21-2)25-13-11-24(12-14-25)19(26)18-5-4-15-27-18/h4-5,15,17H,3,6-14,16H2,1-2H3,(H,21,22). The van der Waals surface area contributed by atoms with Gasteiger partial charge in [0.1, 0.15) is 0 Å². The Hall–Kier alpha value is -2.02. The Labute approximate surface area is 162 Å². The summed E-state index contributed by atoms with van der Waals surface area (Å²) >= 11 is 0. The third-order valence-corrected chi connectivity index (χ3v) is 5.61. The molecular formula is C20H33N5O2. The van der Waals surface area contributed by atoms with Crippen molar-refractivity contribution < 1.29 is 9.21 Å². The van der Waals surface area contributed by atoms with Gasteiger partial charge in [-0.3, -0.25) is 9.79 Å². The van der Waals surface area contributed by atoms with Crippen LogP contribution < -0.4 is 5.32 Å². The van der Waals surface area contributed by atoms with Gasteiger partial charge in [-0.05, 0) is 56.9 Å². The Morgan fingerprint density at radius 1 is 1.19 bits per heavy atom. The summed E-state index contributed by atoms with van der Waals surface area (Å²) in [5.41, 5.74) is 0. The molecule has 7 heteroatoms. The first-order valence-corrected chi connectivity index (χ1v) is 10.2. The van der Waals surface area contributed by atoms with E-state index in [1.54, 1.807) is 18.4 Å². The van der Waals surface area contributed by atoms with E-state index in [1.807, 2.05) is 11.9 Å². The van der Waals surface area contributed by atoms with Crippen molar-refractivity contribution in [3.63, 3.8) is 0 Å². The number of carbonyl (C=O) groups excluding carboxylic acids is 1. The number of nitrogens with zero attached hydrogens (tertiary/aromatic N) is 4. The van der Waals surface area contributed by atoms with Gasteiger partial charge in [-0.1, -0.05) is 6.92 Å². The fraction of sp³-hybridized carbons (Fsp3) is 0.700. The van der Waals surface area contributed by atoms with Gasteiger partial charge in [-0.15, -0.1) is 0 Å². The van der Waals surface area contributed by atoms with Gasteiger partial charge in [0.05, 0.1) is 6.26 Å². The monoisotopic (exact) mass is 375 g/mol. The van der Waals surface area contributed by atoms with Crippen LogP contribution in [0.2, 0.25) is 0 Å². The van der Waals surface area contributed by atoms with Crippen LogP contribution in [0.25, 0.3) is 0 Å². The van der Waals surface area contributed by atoms with Crippen LogP contribution in [-0.2, 0) is 0 Å². The summed E-state index contributed by atoms with van der Waals surface area (Å²) in [6, 6.07) is 3.48. The average molecular weight is 376 g/mol. The largest absolute Gasteiger partial charge is 0.459 e. The molecule has 3 rings (SSSR count). The lowest BCUT2D eigenvalue weighted by Gasteiger charge is -2.37. The number of nitrogens with one attached hydrogen (secondary N) is 1. The normalized spacial score (nSPS) is 20.1. The van der Waals surface area contributed by atoms with Crippen LogP contribution in [0, 0.1) is 5.92 Å². The Kier molecular flexibility index (Phi) is 7.15. The van der Waals surface area contributed by atoms with Crippen LogP contribution in [0.1, 0.15) is 36.7 Å². The van der Waals surface area contributed by atoms with E-state index in [0.29, 0.717) is 18.8 Å². The highest BCUT2D eigenvalue weighted by Crippen LogP contribution is 2.17. The number of piperidine rings is 1. The number of piperazine rings is 1. The minimum atomic E-state index is -0.0264. The molecule has 1 aromatic heterocycles. The van der Waals surface area contributed by atoms with Crippen LogP contribution >= 0.6 is 0 Å². The first-order chi connectivity index (χ1) is 13.2. The van der Waals surface area contributed by atoms with E-state index in [2.05, 4.69) is 27.0 Å². The first kappa shape index (κ1) is 19.7. The maximum absolute atomic E-state index is 12.4. The number of furan rings is 1. The van der Waals surface area contributed by atoms with Crippen LogP contribution in [0.5, 0.6) is 0 Å². The summed E-state index contributed by atoms with van der Waals surface area (Å²) in [6.45, 7) is 9.85. The zero-order valence-electron chi connectivity index (χ0n) is 16.7. The number of guanidine groups is 1. The molecule has 1 amide bonds. The summed E-state index contributed by atoms with van der Waals surface area (Å²) in [6.07, 6.45) is 5.30. The van der Waals surface area contributed by atoms with Gasteiger partial charge < -0.3 is 24.4 Å². The number of hydrogen-bond acceptors (Lipinski definition) is 4. The molecule has 0 saturated carbocycles. The number of rotatable bonds is 5. The summed E-state index contributed by atoms with van der Waals surface area (Å²) in [4.78, 5) is 23.5. The minimum Gasteiger partial charge on any atom is -0.459 e. The zero-order valence-corrected chi connectivity index (χ0v) is 16.7. The molecule has 2 aliphatic rings. The molecule has 7 nitrogen and oxygen atoms in total. The number of aliphatic imine (C=N–C) groups is 1. The van der Waals surface area contributed by atoms with Crippen molar-refractivity contribution in [1.82, 2.24) is 20.0 Å².